The van der Waals surface area contributed by atoms with Gasteiger partial charge in [0.15, 0.2) is 0 Å². The predicted molar refractivity (Wildman–Crippen MR) is 66.8 cm³/mol. The van der Waals surface area contributed by atoms with Gasteiger partial charge in [-0.3, -0.25) is 4.98 Å². The monoisotopic (exact) mass is 203 g/mol. The largest absolute Gasteiger partial charge is 0.264 e. The molecule has 0 bridgehead atoms. The van der Waals surface area contributed by atoms with Gasteiger partial charge in [0.05, 0.1) is 0 Å². The van der Waals surface area contributed by atoms with Crippen LogP contribution < -0.4 is 0 Å². The quantitative estimate of drug-likeness (QED) is 0.692. The molecule has 1 heteroatoms. The van der Waals surface area contributed by atoms with Crippen molar-refractivity contribution in [1.82, 2.24) is 4.98 Å². The number of aryl methyl sites for hydroxylation is 1. The fourth-order valence-electron chi connectivity index (χ4n) is 1.60. The molecule has 1 nitrogen and oxygen atoms in total. The second kappa shape index (κ2) is 6.39. The molecule has 0 amide bonds. The summed E-state index contributed by atoms with van der Waals surface area (Å²) in [6.07, 6.45) is 11.0. The fourth-order valence-corrected chi connectivity index (χ4v) is 1.60. The Morgan fingerprint density at radius 1 is 1.40 bits per heavy atom. The first-order valence-electron chi connectivity index (χ1n) is 5.88. The van der Waals surface area contributed by atoms with Gasteiger partial charge in [-0.15, -0.1) is 0 Å². The number of hydrogen-bond acceptors (Lipinski definition) is 1. The van der Waals surface area contributed by atoms with E-state index in [0.717, 1.165) is 6.42 Å². The lowest BCUT2D eigenvalue weighted by molar-refractivity contribution is 0.770. The van der Waals surface area contributed by atoms with Crippen LogP contribution in [0.3, 0.4) is 0 Å². The minimum Gasteiger partial charge on any atom is -0.264 e. The molecule has 82 valence electrons. The van der Waals surface area contributed by atoms with Gasteiger partial charge in [-0.2, -0.15) is 0 Å². The van der Waals surface area contributed by atoms with Gasteiger partial charge in [-0.25, -0.2) is 0 Å². The van der Waals surface area contributed by atoms with Crippen molar-refractivity contribution in [3.05, 3.63) is 35.2 Å². The first-order valence-corrected chi connectivity index (χ1v) is 5.88. The Bertz CT molecular complexity index is 326. The molecule has 1 aromatic rings. The molecule has 1 heterocycles. The van der Waals surface area contributed by atoms with Crippen LogP contribution in [0.2, 0.25) is 0 Å². The molecule has 0 aliphatic carbocycles. The molecule has 0 aliphatic heterocycles. The zero-order chi connectivity index (χ0) is 11.1. The maximum absolute atomic E-state index is 4.17. The van der Waals surface area contributed by atoms with E-state index in [-0.39, 0.29) is 0 Å². The Morgan fingerprint density at radius 3 is 2.80 bits per heavy atom. The Balaban J connectivity index is 2.78. The zero-order valence-electron chi connectivity index (χ0n) is 10.1. The first kappa shape index (κ1) is 12.0. The summed E-state index contributed by atoms with van der Waals surface area (Å²) in [7, 11) is 0. The van der Waals surface area contributed by atoms with Gasteiger partial charge in [0, 0.05) is 12.4 Å². The van der Waals surface area contributed by atoms with Crippen molar-refractivity contribution in [3.63, 3.8) is 0 Å². The lowest BCUT2D eigenvalue weighted by Gasteiger charge is -2.05. The maximum Gasteiger partial charge on any atom is 0.0342 e. The topological polar surface area (TPSA) is 12.9 Å². The highest BCUT2D eigenvalue weighted by Crippen LogP contribution is 2.17. The standard InChI is InChI=1S/C14H21N/c1-4-6-7-13(5-2)10-14-11-15-9-8-12(14)3/h8-11H,4-7H2,1-3H3/b13-10+. The van der Waals surface area contributed by atoms with E-state index < -0.39 is 0 Å². The molecule has 0 unspecified atom stereocenters. The van der Waals surface area contributed by atoms with Crippen LogP contribution in [0.1, 0.15) is 50.7 Å². The van der Waals surface area contributed by atoms with Crippen LogP contribution >= 0.6 is 0 Å². The average molecular weight is 203 g/mol. The van der Waals surface area contributed by atoms with Gasteiger partial charge in [0.2, 0.25) is 0 Å². The minimum absolute atomic E-state index is 1.15. The summed E-state index contributed by atoms with van der Waals surface area (Å²) in [5, 5.41) is 0. The van der Waals surface area contributed by atoms with Crippen molar-refractivity contribution < 1.29 is 0 Å². The van der Waals surface area contributed by atoms with Crippen LogP contribution in [0.4, 0.5) is 0 Å². The third kappa shape index (κ3) is 3.86. The van der Waals surface area contributed by atoms with Gasteiger partial charge in [-0.1, -0.05) is 31.9 Å². The third-order valence-electron chi connectivity index (χ3n) is 2.74. The molecule has 0 atom stereocenters. The van der Waals surface area contributed by atoms with E-state index in [1.807, 2.05) is 12.4 Å². The molecule has 0 N–H and O–H groups in total. The number of hydrogen-bond donors (Lipinski definition) is 0. The third-order valence-corrected chi connectivity index (χ3v) is 2.74. The highest BCUT2D eigenvalue weighted by atomic mass is 14.6. The van der Waals surface area contributed by atoms with Crippen LogP contribution in [-0.2, 0) is 0 Å². The lowest BCUT2D eigenvalue weighted by Crippen LogP contribution is -1.86. The second-order valence-corrected chi connectivity index (χ2v) is 3.99. The smallest absolute Gasteiger partial charge is 0.0342 e. The molecular weight excluding hydrogens is 182 g/mol. The number of allylic oxidation sites excluding steroid dienone is 1. The van der Waals surface area contributed by atoms with Crippen molar-refractivity contribution in [2.24, 2.45) is 0 Å². The van der Waals surface area contributed by atoms with E-state index in [4.69, 9.17) is 0 Å². The molecule has 0 saturated heterocycles. The minimum atomic E-state index is 1.15. The molecule has 0 radical (unpaired) electrons. The fraction of sp³-hybridized carbons (Fsp3) is 0.500. The van der Waals surface area contributed by atoms with E-state index in [1.54, 1.807) is 0 Å². The molecule has 0 saturated carbocycles. The van der Waals surface area contributed by atoms with E-state index in [1.165, 1.54) is 36.0 Å². The van der Waals surface area contributed by atoms with Crippen molar-refractivity contribution >= 4 is 6.08 Å². The Labute approximate surface area is 93.2 Å². The molecule has 0 aromatic carbocycles. The van der Waals surface area contributed by atoms with Gasteiger partial charge in [-0.05, 0) is 43.4 Å². The highest BCUT2D eigenvalue weighted by Gasteiger charge is 1.97. The molecule has 1 rings (SSSR count). The summed E-state index contributed by atoms with van der Waals surface area (Å²) in [4.78, 5) is 4.17. The van der Waals surface area contributed by atoms with Crippen molar-refractivity contribution in [2.75, 3.05) is 0 Å². The van der Waals surface area contributed by atoms with Crippen molar-refractivity contribution in [2.45, 2.75) is 46.5 Å². The zero-order valence-corrected chi connectivity index (χ0v) is 10.1. The Kier molecular flexibility index (Phi) is 5.09. The first-order chi connectivity index (χ1) is 7.27. The molecular formula is C14H21N. The summed E-state index contributed by atoms with van der Waals surface area (Å²) in [6.45, 7) is 6.61. The Morgan fingerprint density at radius 2 is 2.20 bits per heavy atom. The number of unbranched alkanes of at least 4 members (excludes halogenated alkanes) is 1. The van der Waals surface area contributed by atoms with E-state index >= 15 is 0 Å². The number of rotatable bonds is 5. The van der Waals surface area contributed by atoms with Gasteiger partial charge < -0.3 is 0 Å². The summed E-state index contributed by atoms with van der Waals surface area (Å²) in [6, 6.07) is 2.07. The van der Waals surface area contributed by atoms with Crippen LogP contribution in [0.15, 0.2) is 24.0 Å². The summed E-state index contributed by atoms with van der Waals surface area (Å²) >= 11 is 0. The van der Waals surface area contributed by atoms with E-state index in [0.29, 0.717) is 0 Å². The van der Waals surface area contributed by atoms with Crippen LogP contribution in [-0.4, -0.2) is 4.98 Å². The molecule has 15 heavy (non-hydrogen) atoms. The Hall–Kier alpha value is -1.11. The van der Waals surface area contributed by atoms with Crippen LogP contribution in [0, 0.1) is 6.92 Å². The lowest BCUT2D eigenvalue weighted by atomic mass is 10.0. The SMILES string of the molecule is CCCC/C(=C/c1cnccc1C)CC. The van der Waals surface area contributed by atoms with Crippen molar-refractivity contribution in [1.29, 1.82) is 0 Å². The second-order valence-electron chi connectivity index (χ2n) is 3.99. The van der Waals surface area contributed by atoms with Crippen LogP contribution in [0.5, 0.6) is 0 Å². The van der Waals surface area contributed by atoms with Gasteiger partial charge >= 0.3 is 0 Å². The normalized spacial score (nSPS) is 11.8. The van der Waals surface area contributed by atoms with E-state index in [2.05, 4.69) is 37.9 Å². The van der Waals surface area contributed by atoms with Gasteiger partial charge in [0.25, 0.3) is 0 Å². The summed E-state index contributed by atoms with van der Waals surface area (Å²) < 4.78 is 0. The predicted octanol–water partition coefficient (Wildman–Crippen LogP) is 4.37. The van der Waals surface area contributed by atoms with Gasteiger partial charge in [0.1, 0.15) is 0 Å². The number of aromatic nitrogens is 1. The number of pyridine rings is 1. The molecule has 0 fully saturated rings. The van der Waals surface area contributed by atoms with Crippen molar-refractivity contribution in [3.8, 4) is 0 Å². The highest BCUT2D eigenvalue weighted by molar-refractivity contribution is 5.55. The van der Waals surface area contributed by atoms with Crippen LogP contribution in [0.25, 0.3) is 6.08 Å². The van der Waals surface area contributed by atoms with E-state index in [9.17, 15) is 0 Å². The number of nitrogens with zero attached hydrogens (tertiary/aromatic N) is 1. The molecule has 1 aromatic heterocycles. The molecule has 0 aliphatic rings. The molecule has 0 spiro atoms. The summed E-state index contributed by atoms with van der Waals surface area (Å²) in [5.74, 6) is 0. The average Bonchev–Trinajstić information content (AvgIpc) is 2.26. The summed E-state index contributed by atoms with van der Waals surface area (Å²) in [5.41, 5.74) is 4.12. The maximum atomic E-state index is 4.17.